The molecule has 13 heavy (non-hydrogen) atoms. The van der Waals surface area contributed by atoms with Crippen molar-refractivity contribution in [2.75, 3.05) is 26.3 Å². The van der Waals surface area contributed by atoms with Crippen LogP contribution in [0.3, 0.4) is 0 Å². The summed E-state index contributed by atoms with van der Waals surface area (Å²) in [5.41, 5.74) is 0.887. The summed E-state index contributed by atoms with van der Waals surface area (Å²) in [7, 11) is 0. The van der Waals surface area contributed by atoms with Crippen molar-refractivity contribution < 1.29 is 4.74 Å². The molecule has 0 aromatic rings. The minimum atomic E-state index is 0.424. The Bertz CT molecular complexity index is 191. The average molecular weight is 183 g/mol. The van der Waals surface area contributed by atoms with Crippen molar-refractivity contribution in [1.82, 2.24) is 4.90 Å². The van der Waals surface area contributed by atoms with Crippen LogP contribution in [0.2, 0.25) is 0 Å². The van der Waals surface area contributed by atoms with Crippen molar-refractivity contribution >= 4 is 0 Å². The molecule has 2 rings (SSSR count). The predicted molar refractivity (Wildman–Crippen MR) is 53.8 cm³/mol. The molecule has 2 heteroatoms. The lowest BCUT2D eigenvalue weighted by atomic mass is 9.94. The van der Waals surface area contributed by atoms with Crippen molar-refractivity contribution in [2.24, 2.45) is 5.41 Å². The molecule has 0 amide bonds. The van der Waals surface area contributed by atoms with E-state index in [9.17, 15) is 0 Å². The molecule has 1 aliphatic heterocycles. The van der Waals surface area contributed by atoms with E-state index in [1.165, 1.54) is 19.4 Å². The number of nitrogens with zero attached hydrogens (tertiary/aromatic N) is 1. The molecular weight excluding hydrogens is 162 g/mol. The number of morpholine rings is 1. The second-order valence-corrected chi connectivity index (χ2v) is 5.76. The fraction of sp³-hybridized carbons (Fsp3) is 1.00. The van der Waals surface area contributed by atoms with E-state index in [4.69, 9.17) is 4.74 Å². The van der Waals surface area contributed by atoms with E-state index >= 15 is 0 Å². The monoisotopic (exact) mass is 183 g/mol. The molecule has 1 aliphatic carbocycles. The van der Waals surface area contributed by atoms with Gasteiger partial charge in [0.2, 0.25) is 0 Å². The summed E-state index contributed by atoms with van der Waals surface area (Å²) in [5.74, 6) is 0. The fourth-order valence-corrected chi connectivity index (χ4v) is 2.19. The highest BCUT2D eigenvalue weighted by Gasteiger charge is 2.50. The van der Waals surface area contributed by atoms with Crippen molar-refractivity contribution in [3.8, 4) is 0 Å². The van der Waals surface area contributed by atoms with E-state index in [-0.39, 0.29) is 0 Å². The summed E-state index contributed by atoms with van der Waals surface area (Å²) in [6.45, 7) is 11.2. The van der Waals surface area contributed by atoms with Gasteiger partial charge in [0.1, 0.15) is 0 Å². The predicted octanol–water partition coefficient (Wildman–Crippen LogP) is 1.90. The summed E-state index contributed by atoms with van der Waals surface area (Å²) < 4.78 is 5.55. The standard InChI is InChI=1S/C11H21NO/c1-10(2,3)8-12-6-7-13-9-11(12)4-5-11/h4-9H2,1-3H3. The molecule has 1 heterocycles. The zero-order valence-corrected chi connectivity index (χ0v) is 9.10. The maximum Gasteiger partial charge on any atom is 0.0651 e. The topological polar surface area (TPSA) is 12.5 Å². The lowest BCUT2D eigenvalue weighted by Gasteiger charge is -2.39. The summed E-state index contributed by atoms with van der Waals surface area (Å²) >= 11 is 0. The molecule has 1 spiro atoms. The number of hydrogen-bond donors (Lipinski definition) is 0. The summed E-state index contributed by atoms with van der Waals surface area (Å²) in [4.78, 5) is 2.65. The van der Waals surface area contributed by atoms with Crippen molar-refractivity contribution in [3.63, 3.8) is 0 Å². The van der Waals surface area contributed by atoms with E-state index in [0.29, 0.717) is 11.0 Å². The average Bonchev–Trinajstić information content (AvgIpc) is 2.73. The number of hydrogen-bond acceptors (Lipinski definition) is 2. The summed E-state index contributed by atoms with van der Waals surface area (Å²) in [6, 6.07) is 0. The Morgan fingerprint density at radius 3 is 2.54 bits per heavy atom. The lowest BCUT2D eigenvalue weighted by Crippen LogP contribution is -2.50. The summed E-state index contributed by atoms with van der Waals surface area (Å²) in [5, 5.41) is 0. The molecule has 1 saturated heterocycles. The van der Waals surface area contributed by atoms with Crippen LogP contribution in [0, 0.1) is 5.41 Å². The van der Waals surface area contributed by atoms with Crippen LogP contribution in [0.15, 0.2) is 0 Å². The van der Waals surface area contributed by atoms with Crippen LogP contribution in [0.25, 0.3) is 0 Å². The third-order valence-corrected chi connectivity index (χ3v) is 3.04. The Balaban J connectivity index is 1.97. The second-order valence-electron chi connectivity index (χ2n) is 5.76. The SMILES string of the molecule is CC(C)(C)CN1CCOCC12CC2. The van der Waals surface area contributed by atoms with Crippen LogP contribution in [0.1, 0.15) is 33.6 Å². The summed E-state index contributed by atoms with van der Waals surface area (Å²) in [6.07, 6.45) is 2.70. The van der Waals surface area contributed by atoms with Crippen LogP contribution >= 0.6 is 0 Å². The highest BCUT2D eigenvalue weighted by atomic mass is 16.5. The van der Waals surface area contributed by atoms with E-state index in [2.05, 4.69) is 25.7 Å². The molecule has 2 aliphatic rings. The smallest absolute Gasteiger partial charge is 0.0651 e. The zero-order valence-electron chi connectivity index (χ0n) is 9.10. The molecule has 0 N–H and O–H groups in total. The Kier molecular flexibility index (Phi) is 2.16. The van der Waals surface area contributed by atoms with E-state index in [0.717, 1.165) is 19.8 Å². The van der Waals surface area contributed by atoms with Crippen LogP contribution in [0.5, 0.6) is 0 Å². The Morgan fingerprint density at radius 1 is 1.31 bits per heavy atom. The van der Waals surface area contributed by atoms with Gasteiger partial charge >= 0.3 is 0 Å². The number of ether oxygens (including phenoxy) is 1. The first-order chi connectivity index (χ1) is 6.02. The molecule has 0 radical (unpaired) electrons. The van der Waals surface area contributed by atoms with Gasteiger partial charge in [-0.15, -0.1) is 0 Å². The normalized spacial score (nSPS) is 27.9. The first-order valence-electron chi connectivity index (χ1n) is 5.35. The van der Waals surface area contributed by atoms with Crippen molar-refractivity contribution in [1.29, 1.82) is 0 Å². The molecule has 0 atom stereocenters. The molecule has 0 aromatic carbocycles. The highest BCUT2D eigenvalue weighted by molar-refractivity contribution is 5.05. The Hall–Kier alpha value is -0.0800. The Labute approximate surface area is 81.3 Å². The second kappa shape index (κ2) is 2.96. The van der Waals surface area contributed by atoms with Gasteiger partial charge < -0.3 is 4.74 Å². The quantitative estimate of drug-likeness (QED) is 0.615. The third kappa shape index (κ3) is 2.05. The van der Waals surface area contributed by atoms with Gasteiger partial charge in [0.25, 0.3) is 0 Å². The third-order valence-electron chi connectivity index (χ3n) is 3.04. The van der Waals surface area contributed by atoms with Crippen LogP contribution < -0.4 is 0 Å². The highest BCUT2D eigenvalue weighted by Crippen LogP contribution is 2.44. The molecule has 2 nitrogen and oxygen atoms in total. The first-order valence-corrected chi connectivity index (χ1v) is 5.35. The molecule has 0 unspecified atom stereocenters. The van der Waals surface area contributed by atoms with Gasteiger partial charge in [-0.25, -0.2) is 0 Å². The van der Waals surface area contributed by atoms with Gasteiger partial charge in [0, 0.05) is 18.6 Å². The van der Waals surface area contributed by atoms with Crippen LogP contribution in [0.4, 0.5) is 0 Å². The van der Waals surface area contributed by atoms with E-state index in [1.807, 2.05) is 0 Å². The molecule has 76 valence electrons. The molecule has 2 fully saturated rings. The van der Waals surface area contributed by atoms with Crippen molar-refractivity contribution in [3.05, 3.63) is 0 Å². The van der Waals surface area contributed by atoms with Gasteiger partial charge in [-0.05, 0) is 18.3 Å². The lowest BCUT2D eigenvalue weighted by molar-refractivity contribution is -0.0333. The van der Waals surface area contributed by atoms with Gasteiger partial charge in [-0.1, -0.05) is 20.8 Å². The molecule has 0 bridgehead atoms. The zero-order chi connectivity index (χ0) is 9.53. The molecular formula is C11H21NO. The number of rotatable bonds is 1. The minimum Gasteiger partial charge on any atom is -0.378 e. The van der Waals surface area contributed by atoms with E-state index < -0.39 is 0 Å². The maximum atomic E-state index is 5.55. The maximum absolute atomic E-state index is 5.55. The van der Waals surface area contributed by atoms with Gasteiger partial charge in [-0.3, -0.25) is 4.90 Å². The minimum absolute atomic E-state index is 0.424. The fourth-order valence-electron chi connectivity index (χ4n) is 2.19. The van der Waals surface area contributed by atoms with Crippen LogP contribution in [-0.2, 0) is 4.74 Å². The largest absolute Gasteiger partial charge is 0.378 e. The first kappa shape index (κ1) is 9.47. The van der Waals surface area contributed by atoms with E-state index in [1.54, 1.807) is 0 Å². The molecule has 0 aromatic heterocycles. The Morgan fingerprint density at radius 2 is 2.00 bits per heavy atom. The van der Waals surface area contributed by atoms with Crippen molar-refractivity contribution in [2.45, 2.75) is 39.2 Å². The molecule has 1 saturated carbocycles. The van der Waals surface area contributed by atoms with Gasteiger partial charge in [0.05, 0.1) is 13.2 Å². The van der Waals surface area contributed by atoms with Crippen LogP contribution in [-0.4, -0.2) is 36.7 Å². The van der Waals surface area contributed by atoms with Gasteiger partial charge in [0.15, 0.2) is 0 Å². The van der Waals surface area contributed by atoms with Gasteiger partial charge in [-0.2, -0.15) is 0 Å².